The molecule has 5 nitrogen and oxygen atoms in total. The van der Waals surface area contributed by atoms with Crippen molar-refractivity contribution in [2.45, 2.75) is 19.8 Å². The molecule has 3 aromatic rings. The lowest BCUT2D eigenvalue weighted by atomic mass is 10.1. The number of fused-ring (bicyclic) bond motifs is 1. The zero-order valence-electron chi connectivity index (χ0n) is 13.5. The molecule has 0 spiro atoms. The van der Waals surface area contributed by atoms with Gasteiger partial charge in [-0.15, -0.1) is 0 Å². The maximum Gasteiger partial charge on any atom is 0.338 e. The summed E-state index contributed by atoms with van der Waals surface area (Å²) in [6.07, 6.45) is 0. The monoisotopic (exact) mass is 346 g/mol. The van der Waals surface area contributed by atoms with Gasteiger partial charge >= 0.3 is 12.5 Å². The van der Waals surface area contributed by atoms with Crippen LogP contribution in [0, 0.1) is 0 Å². The molecule has 0 amide bonds. The zero-order valence-corrected chi connectivity index (χ0v) is 13.5. The lowest BCUT2D eigenvalue weighted by Gasteiger charge is -2.09. The number of benzene rings is 2. The SMILES string of the molecule is COCc1ccc(C(=O)OCc2nc3ccccc3n2C(F)F)cc1. The van der Waals surface area contributed by atoms with Gasteiger partial charge in [-0.25, -0.2) is 9.78 Å². The highest BCUT2D eigenvalue weighted by Gasteiger charge is 2.19. The van der Waals surface area contributed by atoms with Crippen LogP contribution in [0.5, 0.6) is 0 Å². The van der Waals surface area contributed by atoms with E-state index in [0.717, 1.165) is 10.1 Å². The number of halogens is 2. The third kappa shape index (κ3) is 3.66. The van der Waals surface area contributed by atoms with Crippen molar-refractivity contribution < 1.29 is 23.0 Å². The number of methoxy groups -OCH3 is 1. The molecule has 0 aliphatic carbocycles. The molecule has 2 aromatic carbocycles. The van der Waals surface area contributed by atoms with Crippen LogP contribution in [0.1, 0.15) is 28.3 Å². The number of hydrogen-bond donors (Lipinski definition) is 0. The molecule has 0 fully saturated rings. The van der Waals surface area contributed by atoms with Crippen molar-refractivity contribution in [3.05, 3.63) is 65.5 Å². The normalized spacial score (nSPS) is 11.2. The molecule has 0 bridgehead atoms. The Kier molecular flexibility index (Phi) is 5.04. The topological polar surface area (TPSA) is 53.4 Å². The molecule has 0 aliphatic rings. The molecule has 130 valence electrons. The predicted octanol–water partition coefficient (Wildman–Crippen LogP) is 3.93. The van der Waals surface area contributed by atoms with Crippen LogP contribution < -0.4 is 0 Å². The van der Waals surface area contributed by atoms with Crippen LogP contribution in [-0.4, -0.2) is 22.6 Å². The van der Waals surface area contributed by atoms with E-state index in [1.54, 1.807) is 55.6 Å². The third-order valence-corrected chi connectivity index (χ3v) is 3.70. The number of aromatic nitrogens is 2. The number of carbonyl (C=O) groups is 1. The average Bonchev–Trinajstić information content (AvgIpc) is 2.99. The molecule has 25 heavy (non-hydrogen) atoms. The summed E-state index contributed by atoms with van der Waals surface area (Å²) in [6.45, 7) is -2.67. The van der Waals surface area contributed by atoms with Crippen LogP contribution in [0.2, 0.25) is 0 Å². The number of rotatable bonds is 6. The van der Waals surface area contributed by atoms with E-state index in [9.17, 15) is 13.6 Å². The molecule has 0 saturated carbocycles. The van der Waals surface area contributed by atoms with Crippen molar-refractivity contribution in [3.8, 4) is 0 Å². The molecule has 3 rings (SSSR count). The van der Waals surface area contributed by atoms with Crippen LogP contribution >= 0.6 is 0 Å². The maximum atomic E-state index is 13.3. The first kappa shape index (κ1) is 17.0. The third-order valence-electron chi connectivity index (χ3n) is 3.70. The number of para-hydroxylation sites is 2. The lowest BCUT2D eigenvalue weighted by Crippen LogP contribution is -2.10. The van der Waals surface area contributed by atoms with Crippen LogP contribution in [-0.2, 0) is 22.7 Å². The minimum atomic E-state index is -2.77. The molecule has 1 heterocycles. The molecule has 0 radical (unpaired) electrons. The van der Waals surface area contributed by atoms with Gasteiger partial charge in [-0.2, -0.15) is 8.78 Å². The Balaban J connectivity index is 1.75. The summed E-state index contributed by atoms with van der Waals surface area (Å²) in [5, 5.41) is 0. The Morgan fingerprint density at radius 1 is 1.12 bits per heavy atom. The maximum absolute atomic E-state index is 13.3. The number of hydrogen-bond acceptors (Lipinski definition) is 4. The van der Waals surface area contributed by atoms with Gasteiger partial charge in [0.15, 0.2) is 5.82 Å². The van der Waals surface area contributed by atoms with E-state index in [0.29, 0.717) is 23.2 Å². The van der Waals surface area contributed by atoms with Gasteiger partial charge in [-0.05, 0) is 29.8 Å². The fraction of sp³-hybridized carbons (Fsp3) is 0.222. The van der Waals surface area contributed by atoms with Gasteiger partial charge in [0.05, 0.1) is 23.2 Å². The Morgan fingerprint density at radius 2 is 1.84 bits per heavy atom. The van der Waals surface area contributed by atoms with Crippen molar-refractivity contribution in [2.24, 2.45) is 0 Å². The van der Waals surface area contributed by atoms with Crippen molar-refractivity contribution in [1.29, 1.82) is 0 Å². The van der Waals surface area contributed by atoms with Crippen molar-refractivity contribution >= 4 is 17.0 Å². The minimum absolute atomic E-state index is 0.000512. The first-order valence-electron chi connectivity index (χ1n) is 7.59. The molecule has 0 unspecified atom stereocenters. The van der Waals surface area contributed by atoms with Crippen LogP contribution in [0.25, 0.3) is 11.0 Å². The standard InChI is InChI=1S/C18H16F2N2O3/c1-24-10-12-6-8-13(9-7-12)17(23)25-11-16-21-14-4-2-3-5-15(14)22(16)18(19)20/h2-9,18H,10-11H2,1H3. The van der Waals surface area contributed by atoms with E-state index in [-0.39, 0.29) is 12.4 Å². The van der Waals surface area contributed by atoms with E-state index in [2.05, 4.69) is 4.98 Å². The Hall–Kier alpha value is -2.80. The second kappa shape index (κ2) is 7.40. The van der Waals surface area contributed by atoms with Gasteiger partial charge in [-0.1, -0.05) is 24.3 Å². The largest absolute Gasteiger partial charge is 0.454 e. The quantitative estimate of drug-likeness (QED) is 0.635. The molecular weight excluding hydrogens is 330 g/mol. The summed E-state index contributed by atoms with van der Waals surface area (Å²) in [6, 6.07) is 13.2. The summed E-state index contributed by atoms with van der Waals surface area (Å²) in [7, 11) is 1.58. The van der Waals surface area contributed by atoms with Gasteiger partial charge < -0.3 is 9.47 Å². The van der Waals surface area contributed by atoms with E-state index >= 15 is 0 Å². The summed E-state index contributed by atoms with van der Waals surface area (Å²) in [5.74, 6) is -0.600. The first-order chi connectivity index (χ1) is 12.1. The predicted molar refractivity (Wildman–Crippen MR) is 87.3 cm³/mol. The van der Waals surface area contributed by atoms with Gasteiger partial charge in [-0.3, -0.25) is 4.57 Å². The van der Waals surface area contributed by atoms with Crippen molar-refractivity contribution in [2.75, 3.05) is 7.11 Å². The summed E-state index contributed by atoms with van der Waals surface area (Å²) >= 11 is 0. The Morgan fingerprint density at radius 3 is 2.52 bits per heavy atom. The summed E-state index contributed by atoms with van der Waals surface area (Å²) in [4.78, 5) is 16.2. The number of nitrogens with zero attached hydrogens (tertiary/aromatic N) is 2. The number of carbonyl (C=O) groups excluding carboxylic acids is 1. The van der Waals surface area contributed by atoms with E-state index in [1.807, 2.05) is 0 Å². The highest BCUT2D eigenvalue weighted by Crippen LogP contribution is 2.23. The molecular formula is C18H16F2N2O3. The highest BCUT2D eigenvalue weighted by atomic mass is 19.3. The van der Waals surface area contributed by atoms with Gasteiger partial charge in [0.1, 0.15) is 6.61 Å². The Labute approximate surface area is 142 Å². The summed E-state index contributed by atoms with van der Waals surface area (Å²) in [5.41, 5.74) is 1.98. The van der Waals surface area contributed by atoms with Gasteiger partial charge in [0.2, 0.25) is 0 Å². The second-order valence-corrected chi connectivity index (χ2v) is 5.37. The van der Waals surface area contributed by atoms with Crippen molar-refractivity contribution in [1.82, 2.24) is 9.55 Å². The van der Waals surface area contributed by atoms with Crippen LogP contribution in [0.4, 0.5) is 8.78 Å². The smallest absolute Gasteiger partial charge is 0.338 e. The molecule has 0 saturated heterocycles. The lowest BCUT2D eigenvalue weighted by molar-refractivity contribution is 0.0387. The van der Waals surface area contributed by atoms with Crippen molar-refractivity contribution in [3.63, 3.8) is 0 Å². The fourth-order valence-electron chi connectivity index (χ4n) is 2.53. The van der Waals surface area contributed by atoms with E-state index in [1.165, 1.54) is 0 Å². The number of ether oxygens (including phenoxy) is 2. The molecule has 0 atom stereocenters. The average molecular weight is 346 g/mol. The number of imidazole rings is 1. The minimum Gasteiger partial charge on any atom is -0.454 e. The van der Waals surface area contributed by atoms with E-state index in [4.69, 9.17) is 9.47 Å². The van der Waals surface area contributed by atoms with E-state index < -0.39 is 12.5 Å². The highest BCUT2D eigenvalue weighted by molar-refractivity contribution is 5.89. The van der Waals surface area contributed by atoms with Gasteiger partial charge in [0.25, 0.3) is 0 Å². The Bertz CT molecular complexity index is 876. The van der Waals surface area contributed by atoms with Gasteiger partial charge in [0, 0.05) is 7.11 Å². The number of alkyl halides is 2. The fourth-order valence-corrected chi connectivity index (χ4v) is 2.53. The van der Waals surface area contributed by atoms with Crippen LogP contribution in [0.3, 0.4) is 0 Å². The molecule has 1 aromatic heterocycles. The molecule has 7 heteroatoms. The number of esters is 1. The molecule has 0 aliphatic heterocycles. The summed E-state index contributed by atoms with van der Waals surface area (Å²) < 4.78 is 37.6. The second-order valence-electron chi connectivity index (χ2n) is 5.37. The zero-order chi connectivity index (χ0) is 17.8. The van der Waals surface area contributed by atoms with Crippen LogP contribution in [0.15, 0.2) is 48.5 Å². The molecule has 0 N–H and O–H groups in total. The first-order valence-corrected chi connectivity index (χ1v) is 7.59.